The van der Waals surface area contributed by atoms with Crippen LogP contribution in [0.2, 0.25) is 0 Å². The number of ether oxygens (including phenoxy) is 1. The summed E-state index contributed by atoms with van der Waals surface area (Å²) in [5, 5.41) is 9.41. The van der Waals surface area contributed by atoms with Gasteiger partial charge in [-0.05, 0) is 12.0 Å². The molecule has 0 spiro atoms. The number of carboxylic acids is 1. The molecule has 0 heterocycles. The Labute approximate surface area is 100 Å². The van der Waals surface area contributed by atoms with Crippen LogP contribution in [0.4, 0.5) is 0 Å². The summed E-state index contributed by atoms with van der Waals surface area (Å²) < 4.78 is 4.58. The van der Waals surface area contributed by atoms with Gasteiger partial charge in [0.15, 0.2) is 0 Å². The van der Waals surface area contributed by atoms with Crippen molar-refractivity contribution in [2.45, 2.75) is 25.2 Å². The second kappa shape index (κ2) is 5.48. The minimum absolute atomic E-state index is 0.153. The first-order valence-corrected chi connectivity index (χ1v) is 5.42. The lowest BCUT2D eigenvalue weighted by Crippen LogP contribution is -2.37. The molecular weight excluding hydrogens is 220 g/mol. The van der Waals surface area contributed by atoms with Crippen molar-refractivity contribution in [1.82, 2.24) is 0 Å². The van der Waals surface area contributed by atoms with E-state index in [0.29, 0.717) is 12.0 Å². The van der Waals surface area contributed by atoms with Crippen LogP contribution in [-0.2, 0) is 19.7 Å². The van der Waals surface area contributed by atoms with Gasteiger partial charge in [-0.3, -0.25) is 9.59 Å². The molecule has 92 valence electrons. The number of carbonyl (C=O) groups is 2. The Morgan fingerprint density at radius 3 is 2.29 bits per heavy atom. The van der Waals surface area contributed by atoms with Gasteiger partial charge in [-0.2, -0.15) is 0 Å². The Morgan fingerprint density at radius 2 is 1.88 bits per heavy atom. The van der Waals surface area contributed by atoms with E-state index in [1.165, 1.54) is 7.11 Å². The molecule has 1 unspecified atom stereocenters. The topological polar surface area (TPSA) is 63.6 Å². The summed E-state index contributed by atoms with van der Waals surface area (Å²) in [7, 11) is 1.26. The molecule has 0 aromatic heterocycles. The zero-order chi connectivity index (χ0) is 12.9. The first-order valence-electron chi connectivity index (χ1n) is 5.42. The van der Waals surface area contributed by atoms with E-state index >= 15 is 0 Å². The number of hydrogen-bond donors (Lipinski definition) is 1. The van der Waals surface area contributed by atoms with Gasteiger partial charge in [0, 0.05) is 0 Å². The molecule has 0 fully saturated rings. The molecule has 0 amide bonds. The third-order valence-corrected chi connectivity index (χ3v) is 3.01. The van der Waals surface area contributed by atoms with Crippen LogP contribution in [0, 0.1) is 0 Å². The first-order chi connectivity index (χ1) is 8.06. The number of rotatable bonds is 5. The third kappa shape index (κ3) is 2.64. The van der Waals surface area contributed by atoms with Gasteiger partial charge in [0.1, 0.15) is 5.41 Å². The highest BCUT2D eigenvalue weighted by atomic mass is 16.5. The van der Waals surface area contributed by atoms with Crippen LogP contribution in [0.3, 0.4) is 0 Å². The van der Waals surface area contributed by atoms with E-state index in [1.807, 2.05) is 6.07 Å². The first kappa shape index (κ1) is 13.2. The summed E-state index contributed by atoms with van der Waals surface area (Å²) in [5.41, 5.74) is -0.575. The van der Waals surface area contributed by atoms with Crippen LogP contribution in [0.25, 0.3) is 0 Å². The molecule has 1 aromatic rings. The minimum atomic E-state index is -1.20. The van der Waals surface area contributed by atoms with Crippen LogP contribution in [0.15, 0.2) is 30.3 Å². The van der Waals surface area contributed by atoms with Crippen molar-refractivity contribution >= 4 is 11.9 Å². The van der Waals surface area contributed by atoms with Crippen LogP contribution in [-0.4, -0.2) is 24.2 Å². The molecule has 17 heavy (non-hydrogen) atoms. The van der Waals surface area contributed by atoms with Gasteiger partial charge >= 0.3 is 11.9 Å². The van der Waals surface area contributed by atoms with Gasteiger partial charge in [-0.25, -0.2) is 0 Å². The average molecular weight is 236 g/mol. The number of carboxylic acid groups (broad SMARTS) is 1. The van der Waals surface area contributed by atoms with Crippen LogP contribution < -0.4 is 0 Å². The number of esters is 1. The molecule has 1 aromatic carbocycles. The molecule has 4 heteroatoms. The Kier molecular flexibility index (Phi) is 4.26. The molecular formula is C13H16O4. The number of benzene rings is 1. The quantitative estimate of drug-likeness (QED) is 0.794. The molecule has 0 radical (unpaired) electrons. The summed E-state index contributed by atoms with van der Waals surface area (Å²) in [6, 6.07) is 8.78. The molecule has 1 atom stereocenters. The number of hydrogen-bond acceptors (Lipinski definition) is 3. The van der Waals surface area contributed by atoms with Crippen molar-refractivity contribution in [2.75, 3.05) is 7.11 Å². The molecule has 4 nitrogen and oxygen atoms in total. The monoisotopic (exact) mass is 236 g/mol. The number of aliphatic carboxylic acids is 1. The average Bonchev–Trinajstić information content (AvgIpc) is 2.36. The van der Waals surface area contributed by atoms with Crippen molar-refractivity contribution in [3.05, 3.63) is 35.9 Å². The Balaban J connectivity index is 3.18. The SMILES string of the molecule is CCC(CC(=O)OC)(C(=O)O)c1ccccc1. The van der Waals surface area contributed by atoms with Crippen LogP contribution in [0.1, 0.15) is 25.3 Å². The second-order valence-corrected chi connectivity index (χ2v) is 3.86. The highest BCUT2D eigenvalue weighted by Crippen LogP contribution is 2.32. The van der Waals surface area contributed by atoms with Gasteiger partial charge in [0.2, 0.25) is 0 Å². The molecule has 0 aliphatic rings. The molecule has 1 rings (SSSR count). The highest BCUT2D eigenvalue weighted by molar-refractivity contribution is 5.87. The van der Waals surface area contributed by atoms with E-state index in [4.69, 9.17) is 0 Å². The van der Waals surface area contributed by atoms with Crippen LogP contribution >= 0.6 is 0 Å². The predicted molar refractivity (Wildman–Crippen MR) is 62.7 cm³/mol. The maximum Gasteiger partial charge on any atom is 0.314 e. The fraction of sp³-hybridized carbons (Fsp3) is 0.385. The van der Waals surface area contributed by atoms with Crippen LogP contribution in [0.5, 0.6) is 0 Å². The van der Waals surface area contributed by atoms with Crippen molar-refractivity contribution in [3.8, 4) is 0 Å². The lowest BCUT2D eigenvalue weighted by molar-refractivity contribution is -0.152. The normalized spacial score (nSPS) is 13.8. The molecule has 0 bridgehead atoms. The van der Waals surface area contributed by atoms with E-state index in [0.717, 1.165) is 0 Å². The summed E-state index contributed by atoms with van der Waals surface area (Å²) in [4.78, 5) is 22.9. The van der Waals surface area contributed by atoms with Gasteiger partial charge in [-0.15, -0.1) is 0 Å². The van der Waals surface area contributed by atoms with Gasteiger partial charge in [0.05, 0.1) is 13.5 Å². The summed E-state index contributed by atoms with van der Waals surface area (Å²) in [6.07, 6.45) is 0.181. The zero-order valence-corrected chi connectivity index (χ0v) is 9.97. The lowest BCUT2D eigenvalue weighted by atomic mass is 9.75. The largest absolute Gasteiger partial charge is 0.481 e. The van der Waals surface area contributed by atoms with Crippen molar-refractivity contribution in [3.63, 3.8) is 0 Å². The predicted octanol–water partition coefficient (Wildman–Crippen LogP) is 1.98. The molecule has 0 aliphatic carbocycles. The molecule has 0 aliphatic heterocycles. The fourth-order valence-corrected chi connectivity index (χ4v) is 1.86. The van der Waals surface area contributed by atoms with Crippen molar-refractivity contribution in [2.24, 2.45) is 0 Å². The third-order valence-electron chi connectivity index (χ3n) is 3.01. The van der Waals surface area contributed by atoms with E-state index in [1.54, 1.807) is 31.2 Å². The summed E-state index contributed by atoms with van der Waals surface area (Å²) in [5.74, 6) is -1.52. The zero-order valence-electron chi connectivity index (χ0n) is 9.97. The number of methoxy groups -OCH3 is 1. The highest BCUT2D eigenvalue weighted by Gasteiger charge is 2.41. The Bertz CT molecular complexity index is 399. The maximum atomic E-state index is 11.5. The lowest BCUT2D eigenvalue weighted by Gasteiger charge is -2.27. The van der Waals surface area contributed by atoms with Crippen molar-refractivity contribution in [1.29, 1.82) is 0 Å². The standard InChI is InChI=1S/C13H16O4/c1-3-13(12(15)16,9-11(14)17-2)10-7-5-4-6-8-10/h4-8H,3,9H2,1-2H3,(H,15,16). The summed E-state index contributed by atoms with van der Waals surface area (Å²) in [6.45, 7) is 1.75. The van der Waals surface area contributed by atoms with E-state index < -0.39 is 17.4 Å². The Hall–Kier alpha value is -1.84. The smallest absolute Gasteiger partial charge is 0.314 e. The van der Waals surface area contributed by atoms with E-state index in [9.17, 15) is 14.7 Å². The van der Waals surface area contributed by atoms with Crippen molar-refractivity contribution < 1.29 is 19.4 Å². The molecule has 0 saturated heterocycles. The summed E-state index contributed by atoms with van der Waals surface area (Å²) >= 11 is 0. The molecule has 0 saturated carbocycles. The van der Waals surface area contributed by atoms with Gasteiger partial charge in [0.25, 0.3) is 0 Å². The second-order valence-electron chi connectivity index (χ2n) is 3.86. The van der Waals surface area contributed by atoms with E-state index in [2.05, 4.69) is 4.74 Å². The molecule has 1 N–H and O–H groups in total. The van der Waals surface area contributed by atoms with Gasteiger partial charge in [-0.1, -0.05) is 37.3 Å². The van der Waals surface area contributed by atoms with Gasteiger partial charge < -0.3 is 9.84 Å². The Morgan fingerprint density at radius 1 is 1.29 bits per heavy atom. The minimum Gasteiger partial charge on any atom is -0.481 e. The fourth-order valence-electron chi connectivity index (χ4n) is 1.86. The number of carbonyl (C=O) groups excluding carboxylic acids is 1. The maximum absolute atomic E-state index is 11.5. The van der Waals surface area contributed by atoms with E-state index in [-0.39, 0.29) is 6.42 Å².